The van der Waals surface area contributed by atoms with Crippen molar-refractivity contribution in [2.45, 2.75) is 13.8 Å². The summed E-state index contributed by atoms with van der Waals surface area (Å²) < 4.78 is 0. The Morgan fingerprint density at radius 2 is 1.88 bits per heavy atom. The number of para-hydroxylation sites is 1. The smallest absolute Gasteiger partial charge is 0.266 e. The standard InChI is InChI=1S/C20H21N3O2/c1-3-23(4-2)18-11-10-15(19(24)13-18)12-16(14-21)20(25)22-17-8-6-5-7-9-17/h5-13,24H,3-4H2,1-2H3,(H,22,25). The Bertz CT molecular complexity index is 803. The van der Waals surface area contributed by atoms with Crippen molar-refractivity contribution >= 4 is 23.4 Å². The molecule has 2 aromatic rings. The largest absolute Gasteiger partial charge is 0.507 e. The molecule has 0 heterocycles. The van der Waals surface area contributed by atoms with Crippen molar-refractivity contribution < 1.29 is 9.90 Å². The molecule has 0 atom stereocenters. The van der Waals surface area contributed by atoms with Gasteiger partial charge in [-0.05, 0) is 44.2 Å². The molecule has 0 bridgehead atoms. The minimum Gasteiger partial charge on any atom is -0.507 e. The predicted octanol–water partition coefficient (Wildman–Crippen LogP) is 3.78. The van der Waals surface area contributed by atoms with Gasteiger partial charge in [-0.15, -0.1) is 0 Å². The van der Waals surface area contributed by atoms with Crippen LogP contribution in [0.25, 0.3) is 6.08 Å². The van der Waals surface area contributed by atoms with Crippen molar-refractivity contribution in [1.82, 2.24) is 0 Å². The minimum atomic E-state index is -0.513. The molecular formula is C20H21N3O2. The van der Waals surface area contributed by atoms with E-state index in [1.807, 2.05) is 32.0 Å². The molecule has 2 rings (SSSR count). The molecule has 0 radical (unpaired) electrons. The molecule has 0 aliphatic heterocycles. The van der Waals surface area contributed by atoms with Gasteiger partial charge in [-0.2, -0.15) is 5.26 Å². The molecule has 0 unspecified atom stereocenters. The van der Waals surface area contributed by atoms with Gasteiger partial charge >= 0.3 is 0 Å². The van der Waals surface area contributed by atoms with Crippen molar-refractivity contribution in [3.63, 3.8) is 0 Å². The van der Waals surface area contributed by atoms with Crippen molar-refractivity contribution in [2.75, 3.05) is 23.3 Å². The van der Waals surface area contributed by atoms with Crippen molar-refractivity contribution in [2.24, 2.45) is 0 Å². The van der Waals surface area contributed by atoms with Gasteiger partial charge in [-0.25, -0.2) is 0 Å². The summed E-state index contributed by atoms with van der Waals surface area (Å²) >= 11 is 0. The molecule has 0 aliphatic rings. The van der Waals surface area contributed by atoms with E-state index in [0.29, 0.717) is 11.3 Å². The summed E-state index contributed by atoms with van der Waals surface area (Å²) in [7, 11) is 0. The number of rotatable bonds is 6. The molecule has 2 N–H and O–H groups in total. The molecule has 2 aromatic carbocycles. The van der Waals surface area contributed by atoms with Gasteiger partial charge in [-0.1, -0.05) is 18.2 Å². The summed E-state index contributed by atoms with van der Waals surface area (Å²) in [6, 6.07) is 16.0. The molecule has 1 amide bonds. The fraction of sp³-hybridized carbons (Fsp3) is 0.200. The summed E-state index contributed by atoms with van der Waals surface area (Å²) in [6.07, 6.45) is 1.39. The number of nitrogens with one attached hydrogen (secondary N) is 1. The number of hydrogen-bond acceptors (Lipinski definition) is 4. The van der Waals surface area contributed by atoms with Gasteiger partial charge in [-0.3, -0.25) is 4.79 Å². The predicted molar refractivity (Wildman–Crippen MR) is 100 cm³/mol. The Morgan fingerprint density at radius 1 is 1.20 bits per heavy atom. The van der Waals surface area contributed by atoms with Crippen LogP contribution in [0.5, 0.6) is 5.75 Å². The fourth-order valence-corrected chi connectivity index (χ4v) is 2.46. The lowest BCUT2D eigenvalue weighted by Gasteiger charge is -2.21. The number of amides is 1. The molecule has 0 saturated heterocycles. The molecule has 5 heteroatoms. The highest BCUT2D eigenvalue weighted by atomic mass is 16.3. The zero-order valence-electron chi connectivity index (χ0n) is 14.4. The van der Waals surface area contributed by atoms with E-state index in [2.05, 4.69) is 10.2 Å². The van der Waals surface area contributed by atoms with E-state index in [4.69, 9.17) is 0 Å². The van der Waals surface area contributed by atoms with Gasteiger partial charge in [0.1, 0.15) is 17.4 Å². The van der Waals surface area contributed by atoms with Crippen molar-refractivity contribution in [1.29, 1.82) is 5.26 Å². The van der Waals surface area contributed by atoms with Gasteiger partial charge < -0.3 is 15.3 Å². The molecule has 0 spiro atoms. The SMILES string of the molecule is CCN(CC)c1ccc(C=C(C#N)C(=O)Nc2ccccc2)c(O)c1. The fourth-order valence-electron chi connectivity index (χ4n) is 2.46. The van der Waals surface area contributed by atoms with E-state index in [0.717, 1.165) is 18.8 Å². The Labute approximate surface area is 147 Å². The van der Waals surface area contributed by atoms with Crippen molar-refractivity contribution in [3.8, 4) is 11.8 Å². The van der Waals surface area contributed by atoms with E-state index in [-0.39, 0.29) is 11.3 Å². The number of carbonyl (C=O) groups excluding carboxylic acids is 1. The second kappa shape index (κ2) is 8.55. The Morgan fingerprint density at radius 3 is 2.44 bits per heavy atom. The van der Waals surface area contributed by atoms with Crippen LogP contribution >= 0.6 is 0 Å². The van der Waals surface area contributed by atoms with Gasteiger partial charge in [0.05, 0.1) is 0 Å². The first-order valence-electron chi connectivity index (χ1n) is 8.15. The van der Waals surface area contributed by atoms with Gasteiger partial charge in [0.15, 0.2) is 0 Å². The van der Waals surface area contributed by atoms with Crippen LogP contribution in [-0.2, 0) is 4.79 Å². The molecule has 0 aliphatic carbocycles. The molecule has 25 heavy (non-hydrogen) atoms. The Kier molecular flexibility index (Phi) is 6.19. The Balaban J connectivity index is 2.24. The highest BCUT2D eigenvalue weighted by molar-refractivity contribution is 6.09. The summed E-state index contributed by atoms with van der Waals surface area (Å²) in [5.74, 6) is -0.481. The lowest BCUT2D eigenvalue weighted by atomic mass is 10.1. The number of nitrogens with zero attached hydrogens (tertiary/aromatic N) is 2. The third kappa shape index (κ3) is 4.61. The number of nitriles is 1. The molecule has 0 fully saturated rings. The quantitative estimate of drug-likeness (QED) is 0.622. The average Bonchev–Trinajstić information content (AvgIpc) is 2.63. The van der Waals surface area contributed by atoms with E-state index < -0.39 is 5.91 Å². The van der Waals surface area contributed by atoms with Gasteiger partial charge in [0, 0.05) is 36.1 Å². The van der Waals surface area contributed by atoms with E-state index in [9.17, 15) is 15.2 Å². The van der Waals surface area contributed by atoms with Crippen LogP contribution in [0.1, 0.15) is 19.4 Å². The minimum absolute atomic E-state index is 0.0321. The number of anilines is 2. The zero-order valence-corrected chi connectivity index (χ0v) is 14.4. The van der Waals surface area contributed by atoms with E-state index in [1.54, 1.807) is 36.4 Å². The molecule has 128 valence electrons. The maximum absolute atomic E-state index is 12.2. The van der Waals surface area contributed by atoms with Crippen LogP contribution < -0.4 is 10.2 Å². The second-order valence-electron chi connectivity index (χ2n) is 5.41. The summed E-state index contributed by atoms with van der Waals surface area (Å²) in [6.45, 7) is 5.73. The second-order valence-corrected chi connectivity index (χ2v) is 5.41. The molecule has 0 aromatic heterocycles. The number of aromatic hydroxyl groups is 1. The maximum Gasteiger partial charge on any atom is 0.266 e. The monoisotopic (exact) mass is 335 g/mol. The van der Waals surface area contributed by atoms with Gasteiger partial charge in [0.2, 0.25) is 0 Å². The van der Waals surface area contributed by atoms with Crippen LogP contribution in [-0.4, -0.2) is 24.1 Å². The summed E-state index contributed by atoms with van der Waals surface area (Å²) in [5, 5.41) is 22.2. The maximum atomic E-state index is 12.2. The van der Waals surface area contributed by atoms with Gasteiger partial charge in [0.25, 0.3) is 5.91 Å². The lowest BCUT2D eigenvalue weighted by molar-refractivity contribution is -0.112. The number of benzene rings is 2. The summed E-state index contributed by atoms with van der Waals surface area (Å²) in [4.78, 5) is 14.3. The first-order valence-corrected chi connectivity index (χ1v) is 8.15. The first kappa shape index (κ1) is 18.1. The molecular weight excluding hydrogens is 314 g/mol. The Hall–Kier alpha value is -3.26. The zero-order chi connectivity index (χ0) is 18.2. The van der Waals surface area contributed by atoms with E-state index in [1.165, 1.54) is 6.08 Å². The number of hydrogen-bond donors (Lipinski definition) is 2. The third-order valence-electron chi connectivity index (χ3n) is 3.84. The van der Waals surface area contributed by atoms with E-state index >= 15 is 0 Å². The summed E-state index contributed by atoms with van der Waals surface area (Å²) in [5.41, 5.74) is 1.85. The van der Waals surface area contributed by atoms with Crippen LogP contribution in [0.15, 0.2) is 54.1 Å². The highest BCUT2D eigenvalue weighted by Gasteiger charge is 2.12. The normalized spacial score (nSPS) is 10.8. The van der Waals surface area contributed by atoms with Crippen LogP contribution in [0.3, 0.4) is 0 Å². The number of phenolic OH excluding ortho intramolecular Hbond substituents is 1. The molecule has 5 nitrogen and oxygen atoms in total. The number of phenols is 1. The van der Waals surface area contributed by atoms with Crippen LogP contribution in [0.4, 0.5) is 11.4 Å². The van der Waals surface area contributed by atoms with Crippen LogP contribution in [0.2, 0.25) is 0 Å². The topological polar surface area (TPSA) is 76.4 Å². The average molecular weight is 335 g/mol. The number of carbonyl (C=O) groups is 1. The molecule has 0 saturated carbocycles. The van der Waals surface area contributed by atoms with Crippen molar-refractivity contribution in [3.05, 3.63) is 59.7 Å². The lowest BCUT2D eigenvalue weighted by Crippen LogP contribution is -2.21. The first-order chi connectivity index (χ1) is 12.1. The highest BCUT2D eigenvalue weighted by Crippen LogP contribution is 2.26. The van der Waals surface area contributed by atoms with Crippen LogP contribution in [0, 0.1) is 11.3 Å². The third-order valence-corrected chi connectivity index (χ3v) is 3.84.